The summed E-state index contributed by atoms with van der Waals surface area (Å²) in [5, 5.41) is 7.41. The van der Waals surface area contributed by atoms with Gasteiger partial charge in [0.15, 0.2) is 0 Å². The van der Waals surface area contributed by atoms with Gasteiger partial charge in [-0.15, -0.1) is 6.42 Å². The fourth-order valence-electron chi connectivity index (χ4n) is 1.34. The third-order valence-electron chi connectivity index (χ3n) is 2.30. The summed E-state index contributed by atoms with van der Waals surface area (Å²) in [4.78, 5) is 0. The van der Waals surface area contributed by atoms with E-state index in [1.807, 2.05) is 24.0 Å². The lowest BCUT2D eigenvalue weighted by atomic mass is 10.2. The molecule has 3 nitrogen and oxygen atoms in total. The summed E-state index contributed by atoms with van der Waals surface area (Å²) >= 11 is 0. The van der Waals surface area contributed by atoms with Crippen LogP contribution in [0.2, 0.25) is 0 Å². The van der Waals surface area contributed by atoms with E-state index < -0.39 is 0 Å². The average Bonchev–Trinajstić information content (AvgIpc) is 2.59. The van der Waals surface area contributed by atoms with Crippen LogP contribution in [0.15, 0.2) is 12.3 Å². The predicted octanol–water partition coefficient (Wildman–Crippen LogP) is 0.964. The lowest BCUT2D eigenvalue weighted by Crippen LogP contribution is -2.29. The van der Waals surface area contributed by atoms with Gasteiger partial charge in [0.2, 0.25) is 0 Å². The summed E-state index contributed by atoms with van der Waals surface area (Å²) in [5.74, 6) is 2.71. The van der Waals surface area contributed by atoms with Gasteiger partial charge in [-0.25, -0.2) is 0 Å². The van der Waals surface area contributed by atoms with Gasteiger partial charge in [-0.05, 0) is 12.5 Å². The molecule has 1 aromatic heterocycles. The van der Waals surface area contributed by atoms with E-state index in [9.17, 15) is 0 Å². The van der Waals surface area contributed by atoms with Crippen molar-refractivity contribution < 1.29 is 0 Å². The van der Waals surface area contributed by atoms with Gasteiger partial charge in [0.1, 0.15) is 0 Å². The van der Waals surface area contributed by atoms with Crippen LogP contribution in [0.3, 0.4) is 0 Å². The van der Waals surface area contributed by atoms with Crippen molar-refractivity contribution in [2.75, 3.05) is 6.54 Å². The van der Waals surface area contributed by atoms with Crippen molar-refractivity contribution >= 4 is 0 Å². The standard InChI is InChI=1S/C11H17N3/c1-4-10(5-2)12-8-6-11-7-9-13-14(11)3/h1,7,9-10,12H,5-6,8H2,2-3H3. The highest BCUT2D eigenvalue weighted by molar-refractivity contribution is 5.02. The van der Waals surface area contributed by atoms with Gasteiger partial charge in [0.25, 0.3) is 0 Å². The maximum absolute atomic E-state index is 5.34. The van der Waals surface area contributed by atoms with Crippen LogP contribution in [0.5, 0.6) is 0 Å². The second-order valence-corrected chi connectivity index (χ2v) is 3.28. The smallest absolute Gasteiger partial charge is 0.0684 e. The van der Waals surface area contributed by atoms with Crippen molar-refractivity contribution in [1.82, 2.24) is 15.1 Å². The second kappa shape index (κ2) is 5.46. The SMILES string of the molecule is C#CC(CC)NCCc1ccnn1C. The van der Waals surface area contributed by atoms with E-state index in [2.05, 4.69) is 23.3 Å². The summed E-state index contributed by atoms with van der Waals surface area (Å²) < 4.78 is 1.89. The molecular formula is C11H17N3. The van der Waals surface area contributed by atoms with Crippen LogP contribution in [-0.2, 0) is 13.5 Å². The first-order valence-corrected chi connectivity index (χ1v) is 4.94. The first-order chi connectivity index (χ1) is 6.77. The molecule has 0 saturated heterocycles. The summed E-state index contributed by atoms with van der Waals surface area (Å²) in [7, 11) is 1.95. The van der Waals surface area contributed by atoms with Crippen molar-refractivity contribution in [3.8, 4) is 12.3 Å². The Bertz CT molecular complexity index is 309. The molecule has 1 aromatic rings. The molecule has 0 fully saturated rings. The summed E-state index contributed by atoms with van der Waals surface area (Å²) in [6.07, 6.45) is 9.10. The maximum atomic E-state index is 5.34. The monoisotopic (exact) mass is 191 g/mol. The fourth-order valence-corrected chi connectivity index (χ4v) is 1.34. The summed E-state index contributed by atoms with van der Waals surface area (Å²) in [6.45, 7) is 2.99. The molecule has 0 aliphatic heterocycles. The van der Waals surface area contributed by atoms with Crippen molar-refractivity contribution in [3.05, 3.63) is 18.0 Å². The van der Waals surface area contributed by atoms with E-state index in [4.69, 9.17) is 6.42 Å². The van der Waals surface area contributed by atoms with Crippen molar-refractivity contribution in [2.45, 2.75) is 25.8 Å². The molecule has 0 spiro atoms. The lowest BCUT2D eigenvalue weighted by Gasteiger charge is -2.10. The number of aromatic nitrogens is 2. The molecule has 0 amide bonds. The topological polar surface area (TPSA) is 29.9 Å². The Morgan fingerprint density at radius 1 is 1.71 bits per heavy atom. The van der Waals surface area contributed by atoms with Crippen LogP contribution in [0.25, 0.3) is 0 Å². The van der Waals surface area contributed by atoms with Crippen LogP contribution >= 0.6 is 0 Å². The number of rotatable bonds is 5. The Morgan fingerprint density at radius 2 is 2.50 bits per heavy atom. The first-order valence-electron chi connectivity index (χ1n) is 4.94. The molecule has 1 atom stereocenters. The molecule has 3 heteroatoms. The van der Waals surface area contributed by atoms with E-state index >= 15 is 0 Å². The molecule has 0 radical (unpaired) electrons. The minimum Gasteiger partial charge on any atom is -0.303 e. The van der Waals surface area contributed by atoms with Gasteiger partial charge in [-0.1, -0.05) is 12.8 Å². The van der Waals surface area contributed by atoms with Crippen LogP contribution in [-0.4, -0.2) is 22.4 Å². The molecule has 0 aromatic carbocycles. The van der Waals surface area contributed by atoms with Crippen LogP contribution in [0.1, 0.15) is 19.0 Å². The van der Waals surface area contributed by atoms with Gasteiger partial charge in [-0.3, -0.25) is 4.68 Å². The van der Waals surface area contributed by atoms with Crippen LogP contribution < -0.4 is 5.32 Å². The average molecular weight is 191 g/mol. The number of terminal acetylenes is 1. The molecule has 76 valence electrons. The van der Waals surface area contributed by atoms with Crippen molar-refractivity contribution in [2.24, 2.45) is 7.05 Å². The Hall–Kier alpha value is -1.27. The molecule has 14 heavy (non-hydrogen) atoms. The number of hydrogen-bond acceptors (Lipinski definition) is 2. The van der Waals surface area contributed by atoms with E-state index in [0.29, 0.717) is 0 Å². The van der Waals surface area contributed by atoms with E-state index in [1.54, 1.807) is 0 Å². The fraction of sp³-hybridized carbons (Fsp3) is 0.545. The highest BCUT2D eigenvalue weighted by Crippen LogP contribution is 1.97. The number of nitrogens with one attached hydrogen (secondary N) is 1. The van der Waals surface area contributed by atoms with Gasteiger partial charge in [-0.2, -0.15) is 5.10 Å². The Morgan fingerprint density at radius 3 is 3.00 bits per heavy atom. The zero-order chi connectivity index (χ0) is 10.4. The third kappa shape index (κ3) is 2.90. The van der Waals surface area contributed by atoms with E-state index in [1.165, 1.54) is 5.69 Å². The third-order valence-corrected chi connectivity index (χ3v) is 2.30. The van der Waals surface area contributed by atoms with Crippen molar-refractivity contribution in [3.63, 3.8) is 0 Å². The molecule has 0 bridgehead atoms. The Balaban J connectivity index is 2.29. The molecule has 1 rings (SSSR count). The molecule has 1 N–H and O–H groups in total. The minimum absolute atomic E-state index is 0.197. The quantitative estimate of drug-likeness (QED) is 0.703. The molecular weight excluding hydrogens is 174 g/mol. The number of hydrogen-bond donors (Lipinski definition) is 1. The first kappa shape index (κ1) is 10.8. The minimum atomic E-state index is 0.197. The molecule has 1 heterocycles. The van der Waals surface area contributed by atoms with Gasteiger partial charge in [0, 0.05) is 31.9 Å². The highest BCUT2D eigenvalue weighted by atomic mass is 15.3. The van der Waals surface area contributed by atoms with Gasteiger partial charge in [0.05, 0.1) is 6.04 Å². The Kier molecular flexibility index (Phi) is 4.21. The summed E-state index contributed by atoms with van der Waals surface area (Å²) in [6, 6.07) is 2.22. The lowest BCUT2D eigenvalue weighted by molar-refractivity contribution is 0.579. The molecule has 0 saturated carbocycles. The van der Waals surface area contributed by atoms with Crippen LogP contribution in [0.4, 0.5) is 0 Å². The molecule has 1 unspecified atom stereocenters. The maximum Gasteiger partial charge on any atom is 0.0684 e. The van der Waals surface area contributed by atoms with Gasteiger partial charge < -0.3 is 5.32 Å². The highest BCUT2D eigenvalue weighted by Gasteiger charge is 2.01. The zero-order valence-corrected chi connectivity index (χ0v) is 8.83. The Labute approximate surface area is 85.5 Å². The molecule has 0 aliphatic carbocycles. The van der Waals surface area contributed by atoms with Gasteiger partial charge >= 0.3 is 0 Å². The van der Waals surface area contributed by atoms with E-state index in [-0.39, 0.29) is 6.04 Å². The van der Waals surface area contributed by atoms with Crippen LogP contribution in [0, 0.1) is 12.3 Å². The number of aryl methyl sites for hydroxylation is 1. The zero-order valence-electron chi connectivity index (χ0n) is 8.83. The van der Waals surface area contributed by atoms with Crippen molar-refractivity contribution in [1.29, 1.82) is 0 Å². The second-order valence-electron chi connectivity index (χ2n) is 3.28. The summed E-state index contributed by atoms with van der Waals surface area (Å²) in [5.41, 5.74) is 1.23. The predicted molar refractivity (Wildman–Crippen MR) is 57.8 cm³/mol. The normalized spacial score (nSPS) is 12.4. The largest absolute Gasteiger partial charge is 0.303 e. The van der Waals surface area contributed by atoms with E-state index in [0.717, 1.165) is 19.4 Å². The number of nitrogens with zero attached hydrogens (tertiary/aromatic N) is 2. The molecule has 0 aliphatic rings.